The molecule has 1 rings (SSSR count). The second kappa shape index (κ2) is 5.90. The molecule has 78 valence electrons. The summed E-state index contributed by atoms with van der Waals surface area (Å²) in [5, 5.41) is 25.5. The summed E-state index contributed by atoms with van der Waals surface area (Å²) < 4.78 is 0. The van der Waals surface area contributed by atoms with Crippen LogP contribution in [0.25, 0.3) is 0 Å². The van der Waals surface area contributed by atoms with Gasteiger partial charge in [0.15, 0.2) is 0 Å². The number of rotatable bonds is 0. The van der Waals surface area contributed by atoms with E-state index in [2.05, 4.69) is 0 Å². The van der Waals surface area contributed by atoms with Crippen LogP contribution in [0.1, 0.15) is 26.2 Å². The Bertz CT molecular complexity index is 148. The van der Waals surface area contributed by atoms with Gasteiger partial charge >= 0.3 is 0 Å². The van der Waals surface area contributed by atoms with Crippen molar-refractivity contribution in [1.82, 2.24) is 0 Å². The Labute approximate surface area is 77.2 Å². The summed E-state index contributed by atoms with van der Waals surface area (Å²) in [6.45, 7) is 1.08. The number of aliphatic hydroxyl groups excluding tert-OH is 2. The standard InChI is InChI=1S/C6H13NO2.C2H4O2/c7-6-4(8)2-1-3-5(6)9;1-2(3)4/h4-6,8-9H,1-3,7H2;1H3,(H,3,4). The fraction of sp³-hybridized carbons (Fsp3) is 0.875. The van der Waals surface area contributed by atoms with Crippen molar-refractivity contribution >= 4 is 5.97 Å². The highest BCUT2D eigenvalue weighted by molar-refractivity contribution is 5.62. The molecule has 0 bridgehead atoms. The zero-order chi connectivity index (χ0) is 10.4. The van der Waals surface area contributed by atoms with Crippen LogP contribution in [-0.2, 0) is 4.79 Å². The van der Waals surface area contributed by atoms with E-state index in [1.807, 2.05) is 0 Å². The first kappa shape index (κ1) is 12.3. The topological polar surface area (TPSA) is 104 Å². The van der Waals surface area contributed by atoms with Gasteiger partial charge in [0.2, 0.25) is 0 Å². The number of carboxylic acids is 1. The first-order valence-corrected chi connectivity index (χ1v) is 4.26. The van der Waals surface area contributed by atoms with E-state index in [0.717, 1.165) is 26.2 Å². The summed E-state index contributed by atoms with van der Waals surface area (Å²) in [5.74, 6) is -0.833. The van der Waals surface area contributed by atoms with Crippen molar-refractivity contribution in [2.75, 3.05) is 0 Å². The Morgan fingerprint density at radius 2 is 1.62 bits per heavy atom. The van der Waals surface area contributed by atoms with Crippen LogP contribution >= 0.6 is 0 Å². The lowest BCUT2D eigenvalue weighted by atomic mass is 9.91. The lowest BCUT2D eigenvalue weighted by Crippen LogP contribution is -2.47. The minimum atomic E-state index is -0.833. The number of nitrogens with two attached hydrogens (primary N) is 1. The summed E-state index contributed by atoms with van der Waals surface area (Å²) in [6.07, 6.45) is 1.37. The van der Waals surface area contributed by atoms with Crippen molar-refractivity contribution in [3.63, 3.8) is 0 Å². The quantitative estimate of drug-likeness (QED) is 0.406. The van der Waals surface area contributed by atoms with Gasteiger partial charge in [0.25, 0.3) is 5.97 Å². The molecule has 1 aliphatic carbocycles. The monoisotopic (exact) mass is 191 g/mol. The molecule has 13 heavy (non-hydrogen) atoms. The maximum absolute atomic E-state index is 9.06. The summed E-state index contributed by atoms with van der Waals surface area (Å²) in [5.41, 5.74) is 5.42. The van der Waals surface area contributed by atoms with E-state index in [0.29, 0.717) is 0 Å². The number of carboxylic acid groups (broad SMARTS) is 1. The fourth-order valence-corrected chi connectivity index (χ4v) is 1.18. The van der Waals surface area contributed by atoms with Crippen molar-refractivity contribution in [2.45, 2.75) is 44.4 Å². The van der Waals surface area contributed by atoms with Gasteiger partial charge in [0, 0.05) is 6.92 Å². The first-order chi connectivity index (χ1) is 5.95. The van der Waals surface area contributed by atoms with Crippen LogP contribution in [0.4, 0.5) is 0 Å². The average molecular weight is 191 g/mol. The van der Waals surface area contributed by atoms with Gasteiger partial charge in [-0.25, -0.2) is 0 Å². The largest absolute Gasteiger partial charge is 0.481 e. The number of hydrogen-bond acceptors (Lipinski definition) is 4. The van der Waals surface area contributed by atoms with Gasteiger partial charge in [0.05, 0.1) is 18.2 Å². The molecular formula is C8H17NO4. The van der Waals surface area contributed by atoms with Crippen LogP contribution in [0, 0.1) is 0 Å². The predicted octanol–water partition coefficient (Wildman–Crippen LogP) is -0.690. The molecule has 5 N–H and O–H groups in total. The summed E-state index contributed by atoms with van der Waals surface area (Å²) >= 11 is 0. The van der Waals surface area contributed by atoms with E-state index in [4.69, 9.17) is 25.8 Å². The molecule has 0 heterocycles. The van der Waals surface area contributed by atoms with Gasteiger partial charge in [-0.3, -0.25) is 4.79 Å². The SMILES string of the molecule is CC(=O)O.NC1C(O)CCCC1O. The van der Waals surface area contributed by atoms with Gasteiger partial charge < -0.3 is 21.1 Å². The molecule has 5 heteroatoms. The van der Waals surface area contributed by atoms with Crippen molar-refractivity contribution in [3.05, 3.63) is 0 Å². The highest BCUT2D eigenvalue weighted by atomic mass is 16.4. The second-order valence-corrected chi connectivity index (χ2v) is 3.16. The van der Waals surface area contributed by atoms with Crippen LogP contribution in [0.3, 0.4) is 0 Å². The minimum absolute atomic E-state index is 0.418. The molecule has 1 saturated carbocycles. The maximum atomic E-state index is 9.06. The highest BCUT2D eigenvalue weighted by Gasteiger charge is 2.26. The summed E-state index contributed by atoms with van der Waals surface area (Å²) in [7, 11) is 0. The van der Waals surface area contributed by atoms with E-state index in [1.54, 1.807) is 0 Å². The van der Waals surface area contributed by atoms with Gasteiger partial charge in [-0.1, -0.05) is 0 Å². The van der Waals surface area contributed by atoms with Gasteiger partial charge in [0.1, 0.15) is 0 Å². The highest BCUT2D eigenvalue weighted by Crippen LogP contribution is 2.16. The zero-order valence-corrected chi connectivity index (χ0v) is 7.68. The summed E-state index contributed by atoms with van der Waals surface area (Å²) in [4.78, 5) is 9.00. The molecule has 1 fully saturated rings. The molecular weight excluding hydrogens is 174 g/mol. The van der Waals surface area contributed by atoms with Crippen LogP contribution < -0.4 is 5.73 Å². The number of aliphatic carboxylic acids is 1. The van der Waals surface area contributed by atoms with E-state index in [9.17, 15) is 0 Å². The van der Waals surface area contributed by atoms with Crippen LogP contribution in [-0.4, -0.2) is 39.5 Å². The Kier molecular flexibility index (Phi) is 5.61. The number of carbonyl (C=O) groups is 1. The summed E-state index contributed by atoms with van der Waals surface area (Å²) in [6, 6.07) is -0.418. The molecule has 0 saturated heterocycles. The molecule has 1 aliphatic rings. The third-order valence-corrected chi connectivity index (χ3v) is 1.89. The van der Waals surface area contributed by atoms with E-state index < -0.39 is 24.2 Å². The minimum Gasteiger partial charge on any atom is -0.481 e. The van der Waals surface area contributed by atoms with Gasteiger partial charge in [-0.05, 0) is 19.3 Å². The Balaban J connectivity index is 0.000000310. The smallest absolute Gasteiger partial charge is 0.300 e. The van der Waals surface area contributed by atoms with Crippen LogP contribution in [0.5, 0.6) is 0 Å². The third-order valence-electron chi connectivity index (χ3n) is 1.89. The van der Waals surface area contributed by atoms with Crippen LogP contribution in [0.15, 0.2) is 0 Å². The fourth-order valence-electron chi connectivity index (χ4n) is 1.18. The van der Waals surface area contributed by atoms with Crippen molar-refractivity contribution in [2.24, 2.45) is 5.73 Å². The number of hydrogen-bond donors (Lipinski definition) is 4. The molecule has 0 amide bonds. The molecule has 2 unspecified atom stereocenters. The Hall–Kier alpha value is -0.650. The van der Waals surface area contributed by atoms with E-state index >= 15 is 0 Å². The third kappa shape index (κ3) is 5.57. The molecule has 0 aromatic heterocycles. The van der Waals surface area contributed by atoms with Crippen molar-refractivity contribution in [1.29, 1.82) is 0 Å². The molecule has 2 atom stereocenters. The zero-order valence-electron chi connectivity index (χ0n) is 7.68. The second-order valence-electron chi connectivity index (χ2n) is 3.16. The molecule has 0 radical (unpaired) electrons. The van der Waals surface area contributed by atoms with Gasteiger partial charge in [-0.15, -0.1) is 0 Å². The van der Waals surface area contributed by atoms with Crippen LogP contribution in [0.2, 0.25) is 0 Å². The Morgan fingerprint density at radius 3 is 1.85 bits per heavy atom. The van der Waals surface area contributed by atoms with Gasteiger partial charge in [-0.2, -0.15) is 0 Å². The average Bonchev–Trinajstić information content (AvgIpc) is 1.99. The van der Waals surface area contributed by atoms with Crippen molar-refractivity contribution in [3.8, 4) is 0 Å². The van der Waals surface area contributed by atoms with E-state index in [-0.39, 0.29) is 0 Å². The lowest BCUT2D eigenvalue weighted by molar-refractivity contribution is -0.134. The predicted molar refractivity (Wildman–Crippen MR) is 47.1 cm³/mol. The normalized spacial score (nSPS) is 33.1. The Morgan fingerprint density at radius 1 is 1.31 bits per heavy atom. The number of aliphatic hydroxyl groups is 2. The molecule has 0 spiro atoms. The molecule has 0 aliphatic heterocycles. The molecule has 0 aromatic carbocycles. The van der Waals surface area contributed by atoms with Crippen molar-refractivity contribution < 1.29 is 20.1 Å². The van der Waals surface area contributed by atoms with E-state index in [1.165, 1.54) is 0 Å². The lowest BCUT2D eigenvalue weighted by Gasteiger charge is -2.28. The molecule has 0 aromatic rings. The maximum Gasteiger partial charge on any atom is 0.300 e. The molecule has 5 nitrogen and oxygen atoms in total. The first-order valence-electron chi connectivity index (χ1n) is 4.26.